The van der Waals surface area contributed by atoms with Crippen molar-refractivity contribution in [2.45, 2.75) is 13.0 Å². The van der Waals surface area contributed by atoms with E-state index < -0.39 is 0 Å². The van der Waals surface area contributed by atoms with Gasteiger partial charge >= 0.3 is 0 Å². The number of hydrogen-bond donors (Lipinski definition) is 1. The van der Waals surface area contributed by atoms with Crippen molar-refractivity contribution in [3.8, 4) is 0 Å². The number of nitro benzene ring substituents is 1. The average Bonchev–Trinajstić information content (AvgIpc) is 2.57. The molecule has 0 saturated carbocycles. The first-order valence-electron chi connectivity index (χ1n) is 7.85. The number of nitrogens with zero attached hydrogens (tertiary/aromatic N) is 3. The third kappa shape index (κ3) is 4.15. The van der Waals surface area contributed by atoms with Gasteiger partial charge in [0.1, 0.15) is 5.39 Å². The highest BCUT2D eigenvalue weighted by molar-refractivity contribution is 6.11. The van der Waals surface area contributed by atoms with Gasteiger partial charge in [-0.1, -0.05) is 24.3 Å². The lowest BCUT2D eigenvalue weighted by Gasteiger charge is -2.22. The molecular formula is C18H22Cl2N4O2. The number of nitro groups is 1. The van der Waals surface area contributed by atoms with Gasteiger partial charge in [-0.25, -0.2) is 4.98 Å². The van der Waals surface area contributed by atoms with Crippen molar-refractivity contribution in [2.24, 2.45) is 0 Å². The molecule has 1 N–H and O–H groups in total. The van der Waals surface area contributed by atoms with Crippen LogP contribution in [0.1, 0.15) is 6.92 Å². The lowest BCUT2D eigenvalue weighted by atomic mass is 10.1. The summed E-state index contributed by atoms with van der Waals surface area (Å²) in [5, 5.41) is 16.4. The molecule has 1 atom stereocenters. The quantitative estimate of drug-likeness (QED) is 0.390. The molecule has 0 saturated heterocycles. The number of anilines is 1. The SMILES string of the molecule is CC(CNc1c2ccccc2nc2cccc([N+](=O)[O-])c12)N(C)C.Cl.Cl. The van der Waals surface area contributed by atoms with Gasteiger partial charge in [0.05, 0.1) is 21.6 Å². The third-order valence-corrected chi connectivity index (χ3v) is 4.34. The second-order valence-corrected chi connectivity index (χ2v) is 6.13. The fraction of sp³-hybridized carbons (Fsp3) is 0.278. The Balaban J connectivity index is 0.00000169. The minimum Gasteiger partial charge on any atom is -0.382 e. The molecule has 1 heterocycles. The Morgan fingerprint density at radius 1 is 1.12 bits per heavy atom. The van der Waals surface area contributed by atoms with Crippen molar-refractivity contribution < 1.29 is 4.92 Å². The number of benzene rings is 2. The van der Waals surface area contributed by atoms with Crippen LogP contribution < -0.4 is 5.32 Å². The second-order valence-electron chi connectivity index (χ2n) is 6.13. The van der Waals surface area contributed by atoms with E-state index in [0.29, 0.717) is 17.4 Å². The summed E-state index contributed by atoms with van der Waals surface area (Å²) in [6, 6.07) is 13.0. The zero-order valence-electron chi connectivity index (χ0n) is 14.8. The predicted molar refractivity (Wildman–Crippen MR) is 112 cm³/mol. The van der Waals surface area contributed by atoms with E-state index in [0.717, 1.165) is 16.6 Å². The number of likely N-dealkylation sites (N-methyl/N-ethyl adjacent to an activating group) is 1. The first kappa shape index (κ1) is 21.9. The van der Waals surface area contributed by atoms with Crippen molar-refractivity contribution >= 4 is 58.0 Å². The van der Waals surface area contributed by atoms with Gasteiger partial charge in [0.15, 0.2) is 0 Å². The summed E-state index contributed by atoms with van der Waals surface area (Å²) in [4.78, 5) is 17.8. The normalized spacial score (nSPS) is 11.7. The van der Waals surface area contributed by atoms with E-state index in [1.807, 2.05) is 44.4 Å². The van der Waals surface area contributed by atoms with Crippen LogP contribution in [-0.4, -0.2) is 41.5 Å². The minimum absolute atomic E-state index is 0. The first-order chi connectivity index (χ1) is 11.5. The van der Waals surface area contributed by atoms with E-state index in [2.05, 4.69) is 22.1 Å². The molecule has 8 heteroatoms. The minimum atomic E-state index is -0.348. The van der Waals surface area contributed by atoms with Crippen LogP contribution in [0.5, 0.6) is 0 Å². The summed E-state index contributed by atoms with van der Waals surface area (Å²) >= 11 is 0. The third-order valence-electron chi connectivity index (χ3n) is 4.34. The van der Waals surface area contributed by atoms with Gasteiger partial charge in [-0.05, 0) is 33.2 Å². The molecule has 0 bridgehead atoms. The van der Waals surface area contributed by atoms with Gasteiger partial charge in [0.2, 0.25) is 0 Å². The summed E-state index contributed by atoms with van der Waals surface area (Å²) in [5.74, 6) is 0. The highest BCUT2D eigenvalue weighted by Crippen LogP contribution is 2.36. The maximum atomic E-state index is 11.5. The summed E-state index contributed by atoms with van der Waals surface area (Å²) in [6.07, 6.45) is 0. The number of nitrogens with one attached hydrogen (secondary N) is 1. The van der Waals surface area contributed by atoms with Crippen LogP contribution >= 0.6 is 24.8 Å². The number of pyridine rings is 1. The van der Waals surface area contributed by atoms with Crippen LogP contribution in [-0.2, 0) is 0 Å². The van der Waals surface area contributed by atoms with Gasteiger partial charge in [0.25, 0.3) is 5.69 Å². The van der Waals surface area contributed by atoms with Crippen molar-refractivity contribution in [3.63, 3.8) is 0 Å². The van der Waals surface area contributed by atoms with Gasteiger partial charge in [-0.2, -0.15) is 0 Å². The maximum absolute atomic E-state index is 11.5. The number of aromatic nitrogens is 1. The van der Waals surface area contributed by atoms with Crippen LogP contribution in [0.4, 0.5) is 11.4 Å². The molecule has 0 radical (unpaired) electrons. The van der Waals surface area contributed by atoms with Crippen molar-refractivity contribution in [1.29, 1.82) is 0 Å². The van der Waals surface area contributed by atoms with E-state index in [-0.39, 0.29) is 41.5 Å². The van der Waals surface area contributed by atoms with E-state index in [1.54, 1.807) is 6.07 Å². The number of rotatable bonds is 5. The molecule has 3 aromatic rings. The maximum Gasteiger partial charge on any atom is 0.280 e. The van der Waals surface area contributed by atoms with Crippen molar-refractivity contribution in [3.05, 3.63) is 52.6 Å². The van der Waals surface area contributed by atoms with Gasteiger partial charge in [-0.15, -0.1) is 24.8 Å². The molecule has 1 aromatic heterocycles. The second kappa shape index (κ2) is 8.98. The molecular weight excluding hydrogens is 375 g/mol. The topological polar surface area (TPSA) is 71.3 Å². The smallest absolute Gasteiger partial charge is 0.280 e. The lowest BCUT2D eigenvalue weighted by Crippen LogP contribution is -2.31. The number of hydrogen-bond acceptors (Lipinski definition) is 5. The highest BCUT2D eigenvalue weighted by Gasteiger charge is 2.19. The van der Waals surface area contributed by atoms with Crippen LogP contribution in [0.3, 0.4) is 0 Å². The molecule has 140 valence electrons. The van der Waals surface area contributed by atoms with Crippen LogP contribution in [0.2, 0.25) is 0 Å². The van der Waals surface area contributed by atoms with Crippen LogP contribution in [0.25, 0.3) is 21.8 Å². The Labute approximate surface area is 164 Å². The van der Waals surface area contributed by atoms with Gasteiger partial charge in [-0.3, -0.25) is 10.1 Å². The Kier molecular flexibility index (Phi) is 7.56. The number of fused-ring (bicyclic) bond motifs is 2. The molecule has 6 nitrogen and oxygen atoms in total. The Hall–Kier alpha value is -2.15. The molecule has 0 spiro atoms. The van der Waals surface area contributed by atoms with Crippen LogP contribution in [0, 0.1) is 10.1 Å². The molecule has 0 aliphatic heterocycles. The monoisotopic (exact) mass is 396 g/mol. The Morgan fingerprint density at radius 3 is 2.42 bits per heavy atom. The zero-order valence-corrected chi connectivity index (χ0v) is 16.4. The molecule has 0 amide bonds. The molecule has 3 rings (SSSR count). The first-order valence-corrected chi connectivity index (χ1v) is 7.85. The number of para-hydroxylation sites is 1. The van der Waals surface area contributed by atoms with E-state index in [1.165, 1.54) is 6.07 Å². The standard InChI is InChI=1S/C18H20N4O2.2ClH/c1-12(21(2)3)11-19-18-13-7-4-5-8-14(13)20-15-9-6-10-16(17(15)18)22(23)24;;/h4-10,12H,11H2,1-3H3,(H,19,20);2*1H. The molecule has 0 fully saturated rings. The summed E-state index contributed by atoms with van der Waals surface area (Å²) in [7, 11) is 4.02. The summed E-state index contributed by atoms with van der Waals surface area (Å²) in [5.41, 5.74) is 2.30. The number of non-ortho nitro benzene ring substituents is 1. The molecule has 2 aromatic carbocycles. The zero-order chi connectivity index (χ0) is 17.3. The molecule has 1 unspecified atom stereocenters. The Bertz CT molecular complexity index is 918. The van der Waals surface area contributed by atoms with E-state index >= 15 is 0 Å². The summed E-state index contributed by atoms with van der Waals surface area (Å²) < 4.78 is 0. The van der Waals surface area contributed by atoms with Gasteiger partial charge < -0.3 is 10.2 Å². The Morgan fingerprint density at radius 2 is 1.77 bits per heavy atom. The van der Waals surface area contributed by atoms with Crippen molar-refractivity contribution in [2.75, 3.05) is 26.0 Å². The fourth-order valence-corrected chi connectivity index (χ4v) is 2.69. The number of halogens is 2. The molecule has 26 heavy (non-hydrogen) atoms. The van der Waals surface area contributed by atoms with E-state index in [4.69, 9.17) is 0 Å². The van der Waals surface area contributed by atoms with E-state index in [9.17, 15) is 10.1 Å². The average molecular weight is 397 g/mol. The predicted octanol–water partition coefficient (Wildman–Crippen LogP) is 4.50. The fourth-order valence-electron chi connectivity index (χ4n) is 2.69. The summed E-state index contributed by atoms with van der Waals surface area (Å²) in [6.45, 7) is 2.79. The van der Waals surface area contributed by atoms with Gasteiger partial charge in [0, 0.05) is 24.0 Å². The largest absolute Gasteiger partial charge is 0.382 e. The molecule has 0 aliphatic carbocycles. The van der Waals surface area contributed by atoms with Crippen LogP contribution in [0.15, 0.2) is 42.5 Å². The molecule has 0 aliphatic rings. The van der Waals surface area contributed by atoms with Crippen molar-refractivity contribution in [1.82, 2.24) is 9.88 Å². The highest BCUT2D eigenvalue weighted by atomic mass is 35.5. The lowest BCUT2D eigenvalue weighted by molar-refractivity contribution is -0.383.